The maximum Gasteiger partial charge on any atom is 0.0217 e. The van der Waals surface area contributed by atoms with E-state index in [4.69, 9.17) is 0 Å². The molecule has 0 fully saturated rings. The van der Waals surface area contributed by atoms with Gasteiger partial charge < -0.3 is 5.32 Å². The number of unbranched alkanes of at least 4 members (excludes halogenated alkanes) is 1. The third kappa shape index (κ3) is 3.25. The minimum absolute atomic E-state index is 0.951. The van der Waals surface area contributed by atoms with E-state index < -0.39 is 0 Å². The van der Waals surface area contributed by atoms with Gasteiger partial charge in [-0.25, -0.2) is 0 Å². The van der Waals surface area contributed by atoms with Crippen molar-refractivity contribution in [2.24, 2.45) is 0 Å². The molecule has 23 heavy (non-hydrogen) atoms. The molecule has 1 nitrogen and oxygen atoms in total. The Morgan fingerprint density at radius 3 is 2.61 bits per heavy atom. The molecular formula is C22H27N. The fraction of sp³-hybridized carbons (Fsp3) is 0.364. The summed E-state index contributed by atoms with van der Waals surface area (Å²) >= 11 is 0. The van der Waals surface area contributed by atoms with Crippen molar-refractivity contribution in [3.8, 4) is 0 Å². The molecule has 3 rings (SSSR count). The van der Waals surface area contributed by atoms with Crippen molar-refractivity contribution in [2.75, 3.05) is 6.54 Å². The van der Waals surface area contributed by atoms with Gasteiger partial charge in [0.2, 0.25) is 0 Å². The SMILES string of the molecule is CCCCNCc1c(C2=C(C)C(C)=CC2)ccc2ccccc12. The van der Waals surface area contributed by atoms with E-state index in [1.165, 1.54) is 51.5 Å². The second kappa shape index (κ2) is 7.14. The Hall–Kier alpha value is -1.86. The molecule has 0 heterocycles. The first-order valence-electron chi connectivity index (χ1n) is 8.81. The van der Waals surface area contributed by atoms with E-state index in [0.717, 1.165) is 19.5 Å². The molecule has 1 heteroatoms. The third-order valence-electron chi connectivity index (χ3n) is 5.03. The molecule has 120 valence electrons. The molecule has 2 aromatic carbocycles. The highest BCUT2D eigenvalue weighted by atomic mass is 14.8. The number of fused-ring (bicyclic) bond motifs is 1. The van der Waals surface area contributed by atoms with Crippen LogP contribution in [0.4, 0.5) is 0 Å². The van der Waals surface area contributed by atoms with Gasteiger partial charge in [-0.05, 0) is 66.3 Å². The molecule has 0 aromatic heterocycles. The predicted octanol–water partition coefficient (Wildman–Crippen LogP) is 5.85. The van der Waals surface area contributed by atoms with Gasteiger partial charge in [0.1, 0.15) is 0 Å². The summed E-state index contributed by atoms with van der Waals surface area (Å²) < 4.78 is 0. The highest BCUT2D eigenvalue weighted by Gasteiger charge is 2.17. The Bertz CT molecular complexity index is 765. The molecule has 2 aromatic rings. The topological polar surface area (TPSA) is 12.0 Å². The summed E-state index contributed by atoms with van der Waals surface area (Å²) in [7, 11) is 0. The first kappa shape index (κ1) is 16.0. The first-order chi connectivity index (χ1) is 11.2. The Morgan fingerprint density at radius 2 is 1.87 bits per heavy atom. The van der Waals surface area contributed by atoms with E-state index >= 15 is 0 Å². The van der Waals surface area contributed by atoms with Crippen LogP contribution in [-0.2, 0) is 6.54 Å². The van der Waals surface area contributed by atoms with Crippen molar-refractivity contribution < 1.29 is 0 Å². The number of nitrogens with one attached hydrogen (secondary N) is 1. The fourth-order valence-electron chi connectivity index (χ4n) is 3.44. The third-order valence-corrected chi connectivity index (χ3v) is 5.03. The molecular weight excluding hydrogens is 278 g/mol. The minimum atomic E-state index is 0.951. The summed E-state index contributed by atoms with van der Waals surface area (Å²) in [6, 6.07) is 13.4. The van der Waals surface area contributed by atoms with Crippen LogP contribution in [0.5, 0.6) is 0 Å². The molecule has 0 radical (unpaired) electrons. The lowest BCUT2D eigenvalue weighted by atomic mass is 9.91. The quantitative estimate of drug-likeness (QED) is 0.660. The molecule has 0 aliphatic heterocycles. The Kier molecular flexibility index (Phi) is 4.97. The summed E-state index contributed by atoms with van der Waals surface area (Å²) in [5, 5.41) is 6.37. The van der Waals surface area contributed by atoms with Crippen molar-refractivity contribution >= 4 is 16.3 Å². The summed E-state index contributed by atoms with van der Waals surface area (Å²) in [5.74, 6) is 0. The van der Waals surface area contributed by atoms with Crippen LogP contribution in [0.25, 0.3) is 16.3 Å². The van der Waals surface area contributed by atoms with Crippen LogP contribution in [0.2, 0.25) is 0 Å². The van der Waals surface area contributed by atoms with Crippen LogP contribution in [0.1, 0.15) is 51.2 Å². The smallest absolute Gasteiger partial charge is 0.0217 e. The van der Waals surface area contributed by atoms with Gasteiger partial charge in [-0.15, -0.1) is 0 Å². The average molecular weight is 305 g/mol. The zero-order valence-electron chi connectivity index (χ0n) is 14.6. The summed E-state index contributed by atoms with van der Waals surface area (Å²) in [5.41, 5.74) is 7.27. The van der Waals surface area contributed by atoms with Gasteiger partial charge in [-0.2, -0.15) is 0 Å². The Morgan fingerprint density at radius 1 is 1.04 bits per heavy atom. The van der Waals surface area contributed by atoms with Crippen LogP contribution in [-0.4, -0.2) is 6.54 Å². The van der Waals surface area contributed by atoms with Crippen molar-refractivity contribution in [1.29, 1.82) is 0 Å². The number of hydrogen-bond donors (Lipinski definition) is 1. The van der Waals surface area contributed by atoms with Gasteiger partial charge in [-0.1, -0.05) is 61.4 Å². The van der Waals surface area contributed by atoms with Gasteiger partial charge in [0.15, 0.2) is 0 Å². The zero-order valence-corrected chi connectivity index (χ0v) is 14.6. The number of allylic oxidation sites excluding steroid dienone is 4. The first-order valence-corrected chi connectivity index (χ1v) is 8.81. The number of hydrogen-bond acceptors (Lipinski definition) is 1. The second-order valence-electron chi connectivity index (χ2n) is 6.54. The maximum atomic E-state index is 3.65. The monoisotopic (exact) mass is 305 g/mol. The van der Waals surface area contributed by atoms with Crippen LogP contribution in [0, 0.1) is 0 Å². The minimum Gasteiger partial charge on any atom is -0.313 e. The molecule has 1 aliphatic carbocycles. The second-order valence-corrected chi connectivity index (χ2v) is 6.54. The number of rotatable bonds is 6. The molecule has 0 unspecified atom stereocenters. The normalized spacial score (nSPS) is 14.7. The van der Waals surface area contributed by atoms with E-state index in [9.17, 15) is 0 Å². The van der Waals surface area contributed by atoms with Crippen LogP contribution in [0.15, 0.2) is 53.6 Å². The maximum absolute atomic E-state index is 3.65. The molecule has 0 saturated carbocycles. The van der Waals surface area contributed by atoms with E-state index in [1.807, 2.05) is 0 Å². The largest absolute Gasteiger partial charge is 0.313 e. The summed E-state index contributed by atoms with van der Waals surface area (Å²) in [6.45, 7) is 8.77. The lowest BCUT2D eigenvalue weighted by Gasteiger charge is -2.16. The van der Waals surface area contributed by atoms with Crippen LogP contribution >= 0.6 is 0 Å². The van der Waals surface area contributed by atoms with E-state index in [1.54, 1.807) is 0 Å². The van der Waals surface area contributed by atoms with Crippen molar-refractivity contribution in [1.82, 2.24) is 5.32 Å². The fourth-order valence-corrected chi connectivity index (χ4v) is 3.44. The Balaban J connectivity index is 2.03. The van der Waals surface area contributed by atoms with E-state index in [2.05, 4.69) is 68.6 Å². The lowest BCUT2D eigenvalue weighted by molar-refractivity contribution is 0.642. The van der Waals surface area contributed by atoms with Gasteiger partial charge in [0, 0.05) is 6.54 Å². The summed E-state index contributed by atoms with van der Waals surface area (Å²) in [4.78, 5) is 0. The van der Waals surface area contributed by atoms with Crippen LogP contribution in [0.3, 0.4) is 0 Å². The molecule has 0 atom stereocenters. The van der Waals surface area contributed by atoms with Gasteiger partial charge in [0.05, 0.1) is 0 Å². The molecule has 1 aliphatic rings. The van der Waals surface area contributed by atoms with Crippen molar-refractivity contribution in [2.45, 2.75) is 46.6 Å². The number of benzene rings is 2. The van der Waals surface area contributed by atoms with Gasteiger partial charge >= 0.3 is 0 Å². The average Bonchev–Trinajstić information content (AvgIpc) is 2.91. The summed E-state index contributed by atoms with van der Waals surface area (Å²) in [6.07, 6.45) is 5.90. The van der Waals surface area contributed by atoms with Crippen LogP contribution < -0.4 is 5.32 Å². The standard InChI is InChI=1S/C22H27N/c1-4-5-14-23-15-22-20-9-7-6-8-18(20)11-13-21(22)19-12-10-16(2)17(19)3/h6-11,13,23H,4-5,12,14-15H2,1-3H3. The van der Waals surface area contributed by atoms with E-state index in [-0.39, 0.29) is 0 Å². The van der Waals surface area contributed by atoms with Crippen molar-refractivity contribution in [3.63, 3.8) is 0 Å². The Labute approximate surface area is 140 Å². The molecule has 0 bridgehead atoms. The highest BCUT2D eigenvalue weighted by Crippen LogP contribution is 2.37. The highest BCUT2D eigenvalue weighted by molar-refractivity contribution is 5.92. The van der Waals surface area contributed by atoms with E-state index in [0.29, 0.717) is 0 Å². The van der Waals surface area contributed by atoms with Crippen molar-refractivity contribution in [3.05, 3.63) is 64.7 Å². The molecule has 0 spiro atoms. The van der Waals surface area contributed by atoms with Gasteiger partial charge in [-0.3, -0.25) is 0 Å². The molecule has 0 saturated heterocycles. The predicted molar refractivity (Wildman–Crippen MR) is 102 cm³/mol. The molecule has 1 N–H and O–H groups in total. The molecule has 0 amide bonds. The van der Waals surface area contributed by atoms with Gasteiger partial charge in [0.25, 0.3) is 0 Å². The lowest BCUT2D eigenvalue weighted by Crippen LogP contribution is -2.16. The zero-order chi connectivity index (χ0) is 16.2.